The highest BCUT2D eigenvalue weighted by molar-refractivity contribution is 6.01. The molecule has 1 unspecified atom stereocenters. The zero-order chi connectivity index (χ0) is 20.6. The molecule has 1 N–H and O–H groups in total. The van der Waals surface area contributed by atoms with Crippen molar-refractivity contribution >= 4 is 23.5 Å². The maximum absolute atomic E-state index is 12.6. The molecular formula is C20H21N3O6. The van der Waals surface area contributed by atoms with Crippen LogP contribution in [-0.4, -0.2) is 56.2 Å². The number of hydrogen-bond donors (Lipinski definition) is 1. The van der Waals surface area contributed by atoms with E-state index in [9.17, 15) is 14.4 Å². The van der Waals surface area contributed by atoms with E-state index in [1.165, 1.54) is 18.2 Å². The lowest BCUT2D eigenvalue weighted by molar-refractivity contribution is -0.155. The van der Waals surface area contributed by atoms with Crippen LogP contribution in [0.15, 0.2) is 48.8 Å². The van der Waals surface area contributed by atoms with E-state index in [1.54, 1.807) is 42.6 Å². The summed E-state index contributed by atoms with van der Waals surface area (Å²) in [6.45, 7) is 0.0621. The van der Waals surface area contributed by atoms with Crippen molar-refractivity contribution in [1.29, 1.82) is 0 Å². The molecule has 1 aliphatic heterocycles. The maximum Gasteiger partial charge on any atom is 0.327 e. The number of benzene rings is 1. The van der Waals surface area contributed by atoms with Crippen LogP contribution in [0.1, 0.15) is 11.7 Å². The molecule has 0 spiro atoms. The number of aromatic nitrogens is 1. The Balaban J connectivity index is 1.73. The number of carbonyl (C=O) groups excluding carboxylic acids is 3. The molecule has 9 nitrogen and oxygen atoms in total. The van der Waals surface area contributed by atoms with Crippen molar-refractivity contribution in [3.05, 3.63) is 54.4 Å². The molecule has 2 heterocycles. The van der Waals surface area contributed by atoms with Gasteiger partial charge in [-0.3, -0.25) is 24.3 Å². The minimum Gasteiger partial charge on any atom is -0.482 e. The number of nitrogens with one attached hydrogen (secondary N) is 1. The smallest absolute Gasteiger partial charge is 0.327 e. The number of anilines is 1. The van der Waals surface area contributed by atoms with Gasteiger partial charge in [0.15, 0.2) is 6.61 Å². The van der Waals surface area contributed by atoms with Gasteiger partial charge in [0.25, 0.3) is 11.8 Å². The zero-order valence-electron chi connectivity index (χ0n) is 15.9. The summed E-state index contributed by atoms with van der Waals surface area (Å²) in [5.74, 6) is -1.10. The van der Waals surface area contributed by atoms with Crippen molar-refractivity contribution in [3.8, 4) is 5.75 Å². The minimum absolute atomic E-state index is 0.173. The van der Waals surface area contributed by atoms with E-state index in [0.717, 1.165) is 0 Å². The van der Waals surface area contributed by atoms with Crippen LogP contribution in [0.4, 0.5) is 5.69 Å². The Hall–Kier alpha value is -3.46. The average molecular weight is 399 g/mol. The van der Waals surface area contributed by atoms with Crippen LogP contribution in [0.25, 0.3) is 0 Å². The number of pyridine rings is 1. The molecule has 2 aromatic rings. The van der Waals surface area contributed by atoms with Crippen LogP contribution in [0.3, 0.4) is 0 Å². The van der Waals surface area contributed by atoms with Gasteiger partial charge in [-0.15, -0.1) is 0 Å². The Morgan fingerprint density at radius 3 is 2.86 bits per heavy atom. The first-order valence-electron chi connectivity index (χ1n) is 8.98. The zero-order valence-corrected chi connectivity index (χ0v) is 15.9. The van der Waals surface area contributed by atoms with Crippen molar-refractivity contribution in [2.24, 2.45) is 0 Å². The topological polar surface area (TPSA) is 107 Å². The van der Waals surface area contributed by atoms with E-state index in [4.69, 9.17) is 14.2 Å². The molecule has 0 fully saturated rings. The molecule has 3 rings (SSSR count). The summed E-state index contributed by atoms with van der Waals surface area (Å²) < 4.78 is 15.7. The second-order valence-corrected chi connectivity index (χ2v) is 6.18. The maximum atomic E-state index is 12.6. The van der Waals surface area contributed by atoms with Gasteiger partial charge in [0.2, 0.25) is 6.10 Å². The third kappa shape index (κ3) is 5.08. The molecule has 1 aliphatic rings. The molecule has 1 aromatic heterocycles. The number of methoxy groups -OCH3 is 1. The monoisotopic (exact) mass is 399 g/mol. The molecule has 1 aromatic carbocycles. The largest absolute Gasteiger partial charge is 0.482 e. The fourth-order valence-electron chi connectivity index (χ4n) is 2.80. The van der Waals surface area contributed by atoms with E-state index in [0.29, 0.717) is 23.6 Å². The SMILES string of the molecule is COCCNC(=O)C(OC(=O)CN1C(=O)COc2ccccc21)c1cccnc1. The number of fused-ring (bicyclic) bond motifs is 1. The lowest BCUT2D eigenvalue weighted by atomic mass is 10.1. The van der Waals surface area contributed by atoms with Gasteiger partial charge < -0.3 is 19.5 Å². The van der Waals surface area contributed by atoms with Crippen molar-refractivity contribution in [2.45, 2.75) is 6.10 Å². The number of amides is 2. The van der Waals surface area contributed by atoms with Crippen molar-refractivity contribution < 1.29 is 28.6 Å². The third-order valence-electron chi connectivity index (χ3n) is 4.18. The molecule has 0 radical (unpaired) electrons. The van der Waals surface area contributed by atoms with Gasteiger partial charge in [-0.25, -0.2) is 0 Å². The summed E-state index contributed by atoms with van der Waals surface area (Å²) in [6.07, 6.45) is 1.80. The molecule has 1 atom stereocenters. The van der Waals surface area contributed by atoms with Gasteiger partial charge in [-0.1, -0.05) is 18.2 Å². The number of para-hydroxylation sites is 2. The van der Waals surface area contributed by atoms with E-state index in [2.05, 4.69) is 10.3 Å². The fourth-order valence-corrected chi connectivity index (χ4v) is 2.80. The molecule has 29 heavy (non-hydrogen) atoms. The number of carbonyl (C=O) groups is 3. The summed E-state index contributed by atoms with van der Waals surface area (Å²) in [5.41, 5.74) is 0.896. The molecule has 0 saturated heterocycles. The first kappa shape index (κ1) is 20.3. The van der Waals surface area contributed by atoms with Crippen LogP contribution < -0.4 is 15.0 Å². The standard InChI is InChI=1S/C20H21N3O6/c1-27-10-9-22-20(26)19(14-5-4-8-21-11-14)29-18(25)12-23-15-6-2-3-7-16(15)28-13-17(23)24/h2-8,11,19H,9-10,12-13H2,1H3,(H,22,26). The number of hydrogen-bond acceptors (Lipinski definition) is 7. The van der Waals surface area contributed by atoms with Crippen LogP contribution in [0.5, 0.6) is 5.75 Å². The fraction of sp³-hybridized carbons (Fsp3) is 0.300. The highest BCUT2D eigenvalue weighted by Gasteiger charge is 2.30. The number of ether oxygens (including phenoxy) is 3. The first-order valence-corrected chi connectivity index (χ1v) is 8.98. The molecule has 2 amide bonds. The Bertz CT molecular complexity index is 874. The lowest BCUT2D eigenvalue weighted by Gasteiger charge is -2.29. The number of rotatable bonds is 8. The summed E-state index contributed by atoms with van der Waals surface area (Å²) in [5, 5.41) is 2.65. The Labute approximate surface area is 167 Å². The molecular weight excluding hydrogens is 378 g/mol. The van der Waals surface area contributed by atoms with Crippen molar-refractivity contribution in [2.75, 3.05) is 38.3 Å². The quantitative estimate of drug-likeness (QED) is 0.518. The predicted octanol–water partition coefficient (Wildman–Crippen LogP) is 0.854. The van der Waals surface area contributed by atoms with E-state index in [1.807, 2.05) is 0 Å². The summed E-state index contributed by atoms with van der Waals surface area (Å²) in [4.78, 5) is 42.6. The van der Waals surface area contributed by atoms with Crippen LogP contribution in [0, 0.1) is 0 Å². The van der Waals surface area contributed by atoms with Gasteiger partial charge in [0.05, 0.1) is 12.3 Å². The van der Waals surface area contributed by atoms with Crippen molar-refractivity contribution in [3.63, 3.8) is 0 Å². The summed E-state index contributed by atoms with van der Waals surface area (Å²) in [6, 6.07) is 10.2. The molecule has 9 heteroatoms. The van der Waals surface area contributed by atoms with Crippen LogP contribution in [-0.2, 0) is 23.9 Å². The lowest BCUT2D eigenvalue weighted by Crippen LogP contribution is -2.43. The summed E-state index contributed by atoms with van der Waals surface area (Å²) in [7, 11) is 1.52. The number of nitrogens with zero attached hydrogens (tertiary/aromatic N) is 2. The molecule has 0 aliphatic carbocycles. The normalized spacial score (nSPS) is 13.8. The Morgan fingerprint density at radius 2 is 2.10 bits per heavy atom. The molecule has 152 valence electrons. The van der Waals surface area contributed by atoms with E-state index >= 15 is 0 Å². The molecule has 0 saturated carbocycles. The Kier molecular flexibility index (Phi) is 6.75. The number of esters is 1. The van der Waals surface area contributed by atoms with Crippen LogP contribution in [0.2, 0.25) is 0 Å². The molecule has 0 bridgehead atoms. The summed E-state index contributed by atoms with van der Waals surface area (Å²) >= 11 is 0. The van der Waals surface area contributed by atoms with Gasteiger partial charge in [-0.2, -0.15) is 0 Å². The van der Waals surface area contributed by atoms with Gasteiger partial charge >= 0.3 is 5.97 Å². The van der Waals surface area contributed by atoms with Gasteiger partial charge in [0.1, 0.15) is 12.3 Å². The first-order chi connectivity index (χ1) is 14.1. The highest BCUT2D eigenvalue weighted by Crippen LogP contribution is 2.31. The second-order valence-electron chi connectivity index (χ2n) is 6.18. The van der Waals surface area contributed by atoms with Gasteiger partial charge in [-0.05, 0) is 18.2 Å². The predicted molar refractivity (Wildman–Crippen MR) is 102 cm³/mol. The van der Waals surface area contributed by atoms with E-state index < -0.39 is 18.0 Å². The van der Waals surface area contributed by atoms with Crippen LogP contribution >= 0.6 is 0 Å². The third-order valence-corrected chi connectivity index (χ3v) is 4.18. The highest BCUT2D eigenvalue weighted by atomic mass is 16.5. The minimum atomic E-state index is -1.19. The average Bonchev–Trinajstić information content (AvgIpc) is 2.75. The second kappa shape index (κ2) is 9.65. The van der Waals surface area contributed by atoms with E-state index in [-0.39, 0.29) is 25.6 Å². The van der Waals surface area contributed by atoms with Crippen molar-refractivity contribution in [1.82, 2.24) is 10.3 Å². The Morgan fingerprint density at radius 1 is 1.28 bits per heavy atom. The van der Waals surface area contributed by atoms with Gasteiger partial charge in [0, 0.05) is 31.6 Å².